The van der Waals surface area contributed by atoms with Gasteiger partial charge < -0.3 is 10.4 Å². The Hall–Kier alpha value is -0.600. The number of hydrogen-bond acceptors (Lipinski definition) is 2. The number of benzene rings is 1. The lowest BCUT2D eigenvalue weighted by atomic mass is 10.1. The second-order valence-electron chi connectivity index (χ2n) is 5.04. The Kier molecular flexibility index (Phi) is 7.40. The average Bonchev–Trinajstić information content (AvgIpc) is 2.35. The Morgan fingerprint density at radius 3 is 2.26 bits per heavy atom. The molecule has 0 radical (unpaired) electrons. The van der Waals surface area contributed by atoms with Crippen molar-refractivity contribution in [3.05, 3.63) is 22.2 Å². The Balaban J connectivity index is 2.38. The second-order valence-corrected chi connectivity index (χ2v) is 5.85. The summed E-state index contributed by atoms with van der Waals surface area (Å²) in [5.74, 6) is -0.0545. The highest BCUT2D eigenvalue weighted by molar-refractivity contribution is 6.37. The normalized spacial score (nSPS) is 12.4. The number of rotatable bonds is 8. The molecule has 0 bridgehead atoms. The van der Waals surface area contributed by atoms with E-state index in [1.165, 1.54) is 32.1 Å². The van der Waals surface area contributed by atoms with Gasteiger partial charge in [0.25, 0.3) is 0 Å². The van der Waals surface area contributed by atoms with Crippen molar-refractivity contribution in [2.24, 2.45) is 0 Å². The minimum atomic E-state index is -0.0545. The molecule has 2 nitrogen and oxygen atoms in total. The molecule has 0 saturated carbocycles. The van der Waals surface area contributed by atoms with Gasteiger partial charge in [-0.1, -0.05) is 62.2 Å². The predicted octanol–water partition coefficient (Wildman–Crippen LogP) is 5.86. The molecule has 0 fully saturated rings. The Morgan fingerprint density at radius 2 is 1.68 bits per heavy atom. The molecule has 1 unspecified atom stereocenters. The van der Waals surface area contributed by atoms with Gasteiger partial charge in [0.1, 0.15) is 0 Å². The summed E-state index contributed by atoms with van der Waals surface area (Å²) in [6.07, 6.45) is 7.56. The molecule has 0 amide bonds. The highest BCUT2D eigenvalue weighted by Gasteiger charge is 2.08. The van der Waals surface area contributed by atoms with Crippen molar-refractivity contribution in [2.45, 2.75) is 58.4 Å². The van der Waals surface area contributed by atoms with E-state index in [0.717, 1.165) is 12.1 Å². The number of hydrogen-bond donors (Lipinski definition) is 2. The minimum absolute atomic E-state index is 0.0545. The average molecular weight is 304 g/mol. The summed E-state index contributed by atoms with van der Waals surface area (Å²) in [5, 5.41) is 13.4. The molecule has 108 valence electrons. The van der Waals surface area contributed by atoms with Gasteiger partial charge >= 0.3 is 0 Å². The van der Waals surface area contributed by atoms with Crippen molar-refractivity contribution in [1.29, 1.82) is 0 Å². The summed E-state index contributed by atoms with van der Waals surface area (Å²) >= 11 is 11.8. The number of nitrogens with one attached hydrogen (secondary N) is 1. The van der Waals surface area contributed by atoms with Gasteiger partial charge in [0, 0.05) is 11.7 Å². The molecule has 0 aromatic heterocycles. The van der Waals surface area contributed by atoms with Crippen LogP contribution >= 0.6 is 23.2 Å². The van der Waals surface area contributed by atoms with Crippen molar-refractivity contribution < 1.29 is 5.11 Å². The number of phenolic OH excluding ortho intramolecular Hbond substituents is 1. The van der Waals surface area contributed by atoms with Gasteiger partial charge in [-0.2, -0.15) is 0 Å². The van der Waals surface area contributed by atoms with E-state index in [1.54, 1.807) is 12.1 Å². The van der Waals surface area contributed by atoms with Crippen LogP contribution in [0.4, 0.5) is 5.69 Å². The molecule has 0 spiro atoms. The van der Waals surface area contributed by atoms with Gasteiger partial charge in [0.15, 0.2) is 5.75 Å². The number of phenols is 1. The molecule has 0 aliphatic rings. The minimum Gasteiger partial charge on any atom is -0.505 e. The third-order valence-corrected chi connectivity index (χ3v) is 3.75. The van der Waals surface area contributed by atoms with Crippen LogP contribution in [0.2, 0.25) is 10.0 Å². The van der Waals surface area contributed by atoms with Crippen LogP contribution in [0.5, 0.6) is 5.75 Å². The summed E-state index contributed by atoms with van der Waals surface area (Å²) in [7, 11) is 0. The predicted molar refractivity (Wildman–Crippen MR) is 84.6 cm³/mol. The number of unbranched alkanes of at least 4 members (excludes halogenated alkanes) is 4. The maximum Gasteiger partial charge on any atom is 0.152 e. The zero-order chi connectivity index (χ0) is 14.3. The molecule has 0 aliphatic heterocycles. The molecular weight excluding hydrogens is 281 g/mol. The van der Waals surface area contributed by atoms with E-state index in [1.807, 2.05) is 0 Å². The molecular formula is C15H23Cl2NO. The first kappa shape index (κ1) is 16.5. The first-order chi connectivity index (χ1) is 9.04. The van der Waals surface area contributed by atoms with Crippen LogP contribution < -0.4 is 5.32 Å². The standard InChI is InChI=1S/C15H23Cl2NO/c1-3-4-5-6-7-8-11(2)18-12-9-13(16)15(19)14(17)10-12/h9-11,18-19H,3-8H2,1-2H3. The Morgan fingerprint density at radius 1 is 1.11 bits per heavy atom. The fourth-order valence-corrected chi connectivity index (χ4v) is 2.55. The van der Waals surface area contributed by atoms with Gasteiger partial charge in [-0.15, -0.1) is 0 Å². The van der Waals surface area contributed by atoms with E-state index in [9.17, 15) is 5.11 Å². The van der Waals surface area contributed by atoms with Gasteiger partial charge in [-0.05, 0) is 25.5 Å². The smallest absolute Gasteiger partial charge is 0.152 e. The van der Waals surface area contributed by atoms with Gasteiger partial charge in [-0.3, -0.25) is 0 Å². The number of aromatic hydroxyl groups is 1. The molecule has 0 saturated heterocycles. The first-order valence-electron chi connectivity index (χ1n) is 6.99. The van der Waals surface area contributed by atoms with E-state index < -0.39 is 0 Å². The summed E-state index contributed by atoms with van der Waals surface area (Å²) in [6.45, 7) is 4.37. The molecule has 1 rings (SSSR count). The summed E-state index contributed by atoms with van der Waals surface area (Å²) in [5.41, 5.74) is 0.855. The van der Waals surface area contributed by atoms with Crippen molar-refractivity contribution in [2.75, 3.05) is 5.32 Å². The third kappa shape index (κ3) is 5.92. The van der Waals surface area contributed by atoms with Crippen molar-refractivity contribution in [3.8, 4) is 5.75 Å². The first-order valence-corrected chi connectivity index (χ1v) is 7.74. The molecule has 1 atom stereocenters. The molecule has 1 aromatic carbocycles. The zero-order valence-electron chi connectivity index (χ0n) is 11.7. The second kappa shape index (κ2) is 8.55. The lowest BCUT2D eigenvalue weighted by Crippen LogP contribution is -2.14. The van der Waals surface area contributed by atoms with Crippen molar-refractivity contribution >= 4 is 28.9 Å². The van der Waals surface area contributed by atoms with Gasteiger partial charge in [0.2, 0.25) is 0 Å². The van der Waals surface area contributed by atoms with E-state index in [4.69, 9.17) is 23.2 Å². The fraction of sp³-hybridized carbons (Fsp3) is 0.600. The summed E-state index contributed by atoms with van der Waals surface area (Å²) in [6, 6.07) is 3.78. The van der Waals surface area contributed by atoms with Crippen LogP contribution in [0.15, 0.2) is 12.1 Å². The third-order valence-electron chi connectivity index (χ3n) is 3.17. The Bertz CT molecular complexity index is 373. The number of halogens is 2. The van der Waals surface area contributed by atoms with Gasteiger partial charge in [0.05, 0.1) is 10.0 Å². The topological polar surface area (TPSA) is 32.3 Å². The van der Waals surface area contributed by atoms with Crippen molar-refractivity contribution in [3.63, 3.8) is 0 Å². The molecule has 0 aliphatic carbocycles. The zero-order valence-corrected chi connectivity index (χ0v) is 13.2. The fourth-order valence-electron chi connectivity index (χ4n) is 2.06. The highest BCUT2D eigenvalue weighted by Crippen LogP contribution is 2.34. The SMILES string of the molecule is CCCCCCCC(C)Nc1cc(Cl)c(O)c(Cl)c1. The lowest BCUT2D eigenvalue weighted by Gasteiger charge is -2.16. The maximum absolute atomic E-state index is 9.50. The summed E-state index contributed by atoms with van der Waals surface area (Å²) in [4.78, 5) is 0. The van der Waals surface area contributed by atoms with Crippen LogP contribution in [-0.2, 0) is 0 Å². The van der Waals surface area contributed by atoms with Crippen LogP contribution in [-0.4, -0.2) is 11.1 Å². The van der Waals surface area contributed by atoms with E-state index in [2.05, 4.69) is 19.2 Å². The van der Waals surface area contributed by atoms with E-state index in [0.29, 0.717) is 6.04 Å². The molecule has 0 heterocycles. The van der Waals surface area contributed by atoms with Crippen LogP contribution in [0.3, 0.4) is 0 Å². The highest BCUT2D eigenvalue weighted by atomic mass is 35.5. The molecule has 4 heteroatoms. The maximum atomic E-state index is 9.50. The van der Waals surface area contributed by atoms with Crippen LogP contribution in [0.1, 0.15) is 52.4 Å². The molecule has 2 N–H and O–H groups in total. The van der Waals surface area contributed by atoms with E-state index in [-0.39, 0.29) is 15.8 Å². The lowest BCUT2D eigenvalue weighted by molar-refractivity contribution is 0.476. The Labute approximate surface area is 126 Å². The van der Waals surface area contributed by atoms with Crippen molar-refractivity contribution in [1.82, 2.24) is 0 Å². The largest absolute Gasteiger partial charge is 0.505 e. The van der Waals surface area contributed by atoms with Crippen LogP contribution in [0.25, 0.3) is 0 Å². The molecule has 1 aromatic rings. The van der Waals surface area contributed by atoms with Gasteiger partial charge in [-0.25, -0.2) is 0 Å². The quantitative estimate of drug-likeness (QED) is 0.465. The van der Waals surface area contributed by atoms with Crippen LogP contribution in [0, 0.1) is 0 Å². The monoisotopic (exact) mass is 303 g/mol. The summed E-state index contributed by atoms with van der Waals surface area (Å²) < 4.78 is 0. The molecule has 19 heavy (non-hydrogen) atoms. The van der Waals surface area contributed by atoms with E-state index >= 15 is 0 Å². The number of anilines is 1.